The molecule has 0 N–H and O–H groups in total. The largest absolute Gasteiger partial charge is 0.300 e. The molecule has 13 heavy (non-hydrogen) atoms. The molecule has 1 aliphatic rings. The van der Waals surface area contributed by atoms with Gasteiger partial charge in [-0.1, -0.05) is 26.0 Å². The van der Waals surface area contributed by atoms with Crippen molar-refractivity contribution >= 4 is 5.78 Å². The van der Waals surface area contributed by atoms with Crippen molar-refractivity contribution in [2.24, 2.45) is 17.8 Å². The monoisotopic (exact) mass is 180 g/mol. The van der Waals surface area contributed by atoms with Gasteiger partial charge < -0.3 is 0 Å². The fraction of sp³-hybridized carbons (Fsp3) is 0.750. The lowest BCUT2D eigenvalue weighted by Crippen LogP contribution is -2.26. The highest BCUT2D eigenvalue weighted by molar-refractivity contribution is 5.79. The van der Waals surface area contributed by atoms with Crippen molar-refractivity contribution in [1.82, 2.24) is 0 Å². The van der Waals surface area contributed by atoms with Gasteiger partial charge in [0.2, 0.25) is 0 Å². The lowest BCUT2D eigenvalue weighted by atomic mass is 9.76. The minimum atomic E-state index is 0.247. The third-order valence-electron chi connectivity index (χ3n) is 2.94. The third kappa shape index (κ3) is 2.68. The molecule has 0 heterocycles. The Morgan fingerprint density at radius 2 is 2.15 bits per heavy atom. The van der Waals surface area contributed by atoms with Gasteiger partial charge in [0.15, 0.2) is 0 Å². The first kappa shape index (κ1) is 10.5. The van der Waals surface area contributed by atoms with Gasteiger partial charge >= 0.3 is 0 Å². The van der Waals surface area contributed by atoms with Crippen LogP contribution in [0.2, 0.25) is 0 Å². The summed E-state index contributed by atoms with van der Waals surface area (Å²) in [5, 5.41) is 0. The second kappa shape index (κ2) is 4.59. The van der Waals surface area contributed by atoms with Crippen LogP contribution in [0.25, 0.3) is 0 Å². The van der Waals surface area contributed by atoms with E-state index in [2.05, 4.69) is 26.0 Å². The molecule has 0 saturated heterocycles. The second-order valence-corrected chi connectivity index (χ2v) is 4.40. The lowest BCUT2D eigenvalue weighted by molar-refractivity contribution is -0.123. The summed E-state index contributed by atoms with van der Waals surface area (Å²) >= 11 is 0. The van der Waals surface area contributed by atoms with Crippen LogP contribution in [0.15, 0.2) is 12.2 Å². The van der Waals surface area contributed by atoms with E-state index in [-0.39, 0.29) is 5.92 Å². The van der Waals surface area contributed by atoms with Crippen molar-refractivity contribution in [3.05, 3.63) is 12.2 Å². The molecular weight excluding hydrogens is 160 g/mol. The number of rotatable bonds is 3. The van der Waals surface area contributed by atoms with Crippen LogP contribution in [-0.4, -0.2) is 5.78 Å². The summed E-state index contributed by atoms with van der Waals surface area (Å²) in [6.45, 7) is 6.02. The van der Waals surface area contributed by atoms with Gasteiger partial charge in [-0.05, 0) is 38.0 Å². The van der Waals surface area contributed by atoms with Gasteiger partial charge in [0.05, 0.1) is 0 Å². The van der Waals surface area contributed by atoms with Gasteiger partial charge in [0, 0.05) is 5.92 Å². The van der Waals surface area contributed by atoms with E-state index >= 15 is 0 Å². The van der Waals surface area contributed by atoms with Crippen molar-refractivity contribution in [2.45, 2.75) is 40.0 Å². The Morgan fingerprint density at radius 1 is 1.46 bits per heavy atom. The summed E-state index contributed by atoms with van der Waals surface area (Å²) in [4.78, 5) is 11.5. The average Bonchev–Trinajstić information content (AvgIpc) is 2.04. The van der Waals surface area contributed by atoms with E-state index in [0.29, 0.717) is 17.6 Å². The number of hydrogen-bond acceptors (Lipinski definition) is 1. The van der Waals surface area contributed by atoms with Crippen LogP contribution in [0.3, 0.4) is 0 Å². The fourth-order valence-corrected chi connectivity index (χ4v) is 2.40. The molecule has 0 aromatic heterocycles. The van der Waals surface area contributed by atoms with E-state index in [1.165, 1.54) is 19.3 Å². The highest BCUT2D eigenvalue weighted by atomic mass is 16.1. The van der Waals surface area contributed by atoms with Gasteiger partial charge in [-0.3, -0.25) is 4.79 Å². The predicted octanol–water partition coefficient (Wildman–Crippen LogP) is 3.20. The van der Waals surface area contributed by atoms with Crippen molar-refractivity contribution in [3.63, 3.8) is 0 Å². The van der Waals surface area contributed by atoms with E-state index in [0.717, 1.165) is 0 Å². The molecule has 2 atom stereocenters. The highest BCUT2D eigenvalue weighted by Gasteiger charge is 2.27. The predicted molar refractivity (Wildman–Crippen MR) is 55.5 cm³/mol. The minimum absolute atomic E-state index is 0.247. The first-order valence-electron chi connectivity index (χ1n) is 5.30. The number of ketones is 1. The molecule has 74 valence electrons. The average molecular weight is 180 g/mol. The van der Waals surface area contributed by atoms with Crippen LogP contribution in [0.4, 0.5) is 0 Å². The number of carbonyl (C=O) groups excluding carboxylic acids is 1. The topological polar surface area (TPSA) is 17.1 Å². The zero-order chi connectivity index (χ0) is 9.84. The SMILES string of the molecule is CC(=O)C(C(C)C)C1C=CCCC1. The zero-order valence-corrected chi connectivity index (χ0v) is 8.92. The molecule has 2 unspecified atom stereocenters. The van der Waals surface area contributed by atoms with Gasteiger partial charge in [-0.15, -0.1) is 0 Å². The van der Waals surface area contributed by atoms with Crippen molar-refractivity contribution < 1.29 is 4.79 Å². The summed E-state index contributed by atoms with van der Waals surface area (Å²) in [7, 11) is 0. The Hall–Kier alpha value is -0.590. The molecule has 1 nitrogen and oxygen atoms in total. The Bertz CT molecular complexity index is 203. The minimum Gasteiger partial charge on any atom is -0.300 e. The highest BCUT2D eigenvalue weighted by Crippen LogP contribution is 2.30. The van der Waals surface area contributed by atoms with Crippen LogP contribution in [0.1, 0.15) is 40.0 Å². The van der Waals surface area contributed by atoms with Crippen LogP contribution in [0.5, 0.6) is 0 Å². The van der Waals surface area contributed by atoms with Crippen LogP contribution in [0, 0.1) is 17.8 Å². The Kier molecular flexibility index (Phi) is 3.71. The van der Waals surface area contributed by atoms with Gasteiger partial charge in [0.1, 0.15) is 5.78 Å². The molecule has 1 rings (SSSR count). The Balaban J connectivity index is 2.68. The third-order valence-corrected chi connectivity index (χ3v) is 2.94. The summed E-state index contributed by atoms with van der Waals surface area (Å²) in [6.07, 6.45) is 8.11. The second-order valence-electron chi connectivity index (χ2n) is 4.40. The van der Waals surface area contributed by atoms with Crippen LogP contribution >= 0.6 is 0 Å². The molecule has 0 amide bonds. The molecule has 0 spiro atoms. The molecule has 1 aliphatic carbocycles. The van der Waals surface area contributed by atoms with E-state index in [4.69, 9.17) is 0 Å². The maximum absolute atomic E-state index is 11.5. The normalized spacial score (nSPS) is 24.8. The Morgan fingerprint density at radius 3 is 2.54 bits per heavy atom. The molecule has 0 saturated carbocycles. The zero-order valence-electron chi connectivity index (χ0n) is 8.92. The fourth-order valence-electron chi connectivity index (χ4n) is 2.40. The summed E-state index contributed by atoms with van der Waals surface area (Å²) in [6, 6.07) is 0. The van der Waals surface area contributed by atoms with Crippen LogP contribution in [-0.2, 0) is 4.79 Å². The summed E-state index contributed by atoms with van der Waals surface area (Å²) in [5.41, 5.74) is 0. The van der Waals surface area contributed by atoms with Gasteiger partial charge in [0.25, 0.3) is 0 Å². The molecule has 1 heteroatoms. The first-order chi connectivity index (χ1) is 6.13. The molecule has 0 aromatic rings. The maximum Gasteiger partial charge on any atom is 0.133 e. The number of hydrogen-bond donors (Lipinski definition) is 0. The van der Waals surface area contributed by atoms with E-state index in [9.17, 15) is 4.79 Å². The number of carbonyl (C=O) groups is 1. The van der Waals surface area contributed by atoms with Crippen molar-refractivity contribution in [1.29, 1.82) is 0 Å². The molecule has 0 radical (unpaired) electrons. The van der Waals surface area contributed by atoms with E-state index < -0.39 is 0 Å². The van der Waals surface area contributed by atoms with E-state index in [1.54, 1.807) is 6.92 Å². The summed E-state index contributed by atoms with van der Waals surface area (Å²) < 4.78 is 0. The first-order valence-corrected chi connectivity index (χ1v) is 5.30. The van der Waals surface area contributed by atoms with Crippen LogP contribution < -0.4 is 0 Å². The van der Waals surface area contributed by atoms with Crippen molar-refractivity contribution in [3.8, 4) is 0 Å². The van der Waals surface area contributed by atoms with Gasteiger partial charge in [-0.25, -0.2) is 0 Å². The quantitative estimate of drug-likeness (QED) is 0.609. The Labute approximate surface area is 81.2 Å². The van der Waals surface area contributed by atoms with Gasteiger partial charge in [-0.2, -0.15) is 0 Å². The number of Topliss-reactive ketones (excluding diaryl/α,β-unsaturated/α-hetero) is 1. The standard InChI is InChI=1S/C12H20O/c1-9(2)12(10(3)13)11-7-5-4-6-8-11/h5,7,9,11-12H,4,6,8H2,1-3H3. The van der Waals surface area contributed by atoms with E-state index in [1.807, 2.05) is 0 Å². The molecule has 0 aliphatic heterocycles. The molecular formula is C12H20O. The van der Waals surface area contributed by atoms with Crippen molar-refractivity contribution in [2.75, 3.05) is 0 Å². The summed E-state index contributed by atoms with van der Waals surface area (Å²) in [5.74, 6) is 1.58. The molecule has 0 fully saturated rings. The smallest absolute Gasteiger partial charge is 0.133 e. The lowest BCUT2D eigenvalue weighted by Gasteiger charge is -2.27. The molecule has 0 aromatic carbocycles. The maximum atomic E-state index is 11.5. The molecule has 0 bridgehead atoms. The number of allylic oxidation sites excluding steroid dienone is 2.